The number of carbonyl (C=O) groups is 3. The third-order valence-electron chi connectivity index (χ3n) is 3.25. The first kappa shape index (κ1) is 22.5. The summed E-state index contributed by atoms with van der Waals surface area (Å²) in [5.74, 6) is -1.29. The van der Waals surface area contributed by atoms with E-state index >= 15 is 0 Å². The Kier molecular flexibility index (Phi) is 9.60. The van der Waals surface area contributed by atoms with Crippen molar-refractivity contribution in [2.75, 3.05) is 13.2 Å². The minimum atomic E-state index is -0.536. The van der Waals surface area contributed by atoms with Crippen LogP contribution in [0.1, 0.15) is 36.2 Å². The highest BCUT2D eigenvalue weighted by atomic mass is 16.6. The van der Waals surface area contributed by atoms with Crippen molar-refractivity contribution in [1.82, 2.24) is 0 Å². The molecule has 0 aliphatic heterocycles. The fraction of sp³-hybridized carbons (Fsp3) is 0.250. The molecule has 0 atom stereocenters. The molecule has 8 heteroatoms. The van der Waals surface area contributed by atoms with Crippen LogP contribution in [0.25, 0.3) is 0 Å². The molecule has 0 saturated carbocycles. The maximum Gasteiger partial charge on any atom is 0.317 e. The van der Waals surface area contributed by atoms with Gasteiger partial charge in [-0.15, -0.1) is 0 Å². The predicted octanol–water partition coefficient (Wildman–Crippen LogP) is 3.33. The number of esters is 2. The van der Waals surface area contributed by atoms with E-state index in [0.29, 0.717) is 11.1 Å². The first-order chi connectivity index (χ1) is 13.4. The maximum absolute atomic E-state index is 12.0. The van der Waals surface area contributed by atoms with Crippen LogP contribution in [0.4, 0.5) is 5.69 Å². The lowest BCUT2D eigenvalue weighted by Crippen LogP contribution is -2.13. The van der Waals surface area contributed by atoms with Gasteiger partial charge >= 0.3 is 11.9 Å². The van der Waals surface area contributed by atoms with Crippen molar-refractivity contribution in [3.05, 3.63) is 75.8 Å². The lowest BCUT2D eigenvalue weighted by molar-refractivity contribution is -0.384. The van der Waals surface area contributed by atoms with Crippen molar-refractivity contribution >= 4 is 23.4 Å². The summed E-state index contributed by atoms with van der Waals surface area (Å²) in [6.07, 6.45) is -0.290. The molecular formula is C20H21NO7. The Morgan fingerprint density at radius 3 is 1.89 bits per heavy atom. The normalized spacial score (nSPS) is 9.50. The molecule has 0 amide bonds. The molecule has 0 radical (unpaired) electrons. The molecule has 0 aliphatic carbocycles. The van der Waals surface area contributed by atoms with E-state index in [2.05, 4.69) is 9.47 Å². The second-order valence-corrected chi connectivity index (χ2v) is 5.29. The molecule has 0 aromatic heterocycles. The molecule has 0 fully saturated rings. The number of rotatable bonds is 7. The van der Waals surface area contributed by atoms with Gasteiger partial charge in [0.15, 0.2) is 5.78 Å². The van der Waals surface area contributed by atoms with Crippen LogP contribution >= 0.6 is 0 Å². The number of nitro groups is 1. The number of ketones is 1. The first-order valence-corrected chi connectivity index (χ1v) is 8.54. The Balaban J connectivity index is 0.000000311. The standard InChI is InChI=1S/C13H9NO3.C7H12O4/c15-13(10-5-2-1-3-6-10)11-7-4-8-12(9-11)14(16)17;1-3-10-6(8)5-7(9)11-4-2/h1-9H;3-5H2,1-2H3. The summed E-state index contributed by atoms with van der Waals surface area (Å²) in [7, 11) is 0. The van der Waals surface area contributed by atoms with E-state index in [9.17, 15) is 24.5 Å². The fourth-order valence-corrected chi connectivity index (χ4v) is 2.06. The molecule has 2 rings (SSSR count). The van der Waals surface area contributed by atoms with Crippen LogP contribution in [0.3, 0.4) is 0 Å². The Labute approximate surface area is 162 Å². The molecule has 0 saturated heterocycles. The number of carbonyl (C=O) groups excluding carboxylic acids is 3. The third kappa shape index (κ3) is 7.77. The summed E-state index contributed by atoms with van der Waals surface area (Å²) in [5.41, 5.74) is 0.769. The largest absolute Gasteiger partial charge is 0.466 e. The van der Waals surface area contributed by atoms with Crippen LogP contribution in [0.15, 0.2) is 54.6 Å². The summed E-state index contributed by atoms with van der Waals surface area (Å²) in [6, 6.07) is 14.4. The van der Waals surface area contributed by atoms with Crippen molar-refractivity contribution in [3.8, 4) is 0 Å². The molecule has 2 aromatic carbocycles. The van der Waals surface area contributed by atoms with Crippen LogP contribution in [0.2, 0.25) is 0 Å². The molecule has 28 heavy (non-hydrogen) atoms. The molecule has 0 spiro atoms. The van der Waals surface area contributed by atoms with Gasteiger partial charge in [0, 0.05) is 23.3 Å². The SMILES string of the molecule is CCOC(=O)CC(=O)OCC.O=C(c1ccccc1)c1cccc([N+](=O)[O-])c1. The Bertz CT molecular complexity index is 802. The summed E-state index contributed by atoms with van der Waals surface area (Å²) < 4.78 is 9.04. The molecular weight excluding hydrogens is 366 g/mol. The van der Waals surface area contributed by atoms with Gasteiger partial charge in [-0.25, -0.2) is 0 Å². The summed E-state index contributed by atoms with van der Waals surface area (Å²) in [6.45, 7) is 3.95. The number of non-ortho nitro benzene ring substituents is 1. The number of nitro benzene ring substituents is 1. The summed E-state index contributed by atoms with van der Waals surface area (Å²) in [4.78, 5) is 43.3. The van der Waals surface area contributed by atoms with Gasteiger partial charge < -0.3 is 9.47 Å². The van der Waals surface area contributed by atoms with Crippen molar-refractivity contribution in [2.24, 2.45) is 0 Å². The average molecular weight is 387 g/mol. The fourth-order valence-electron chi connectivity index (χ4n) is 2.06. The highest BCUT2D eigenvalue weighted by molar-refractivity contribution is 6.09. The van der Waals surface area contributed by atoms with Gasteiger partial charge in [-0.05, 0) is 13.8 Å². The van der Waals surface area contributed by atoms with Crippen molar-refractivity contribution in [3.63, 3.8) is 0 Å². The van der Waals surface area contributed by atoms with Crippen LogP contribution in [-0.2, 0) is 19.1 Å². The van der Waals surface area contributed by atoms with Gasteiger partial charge in [0.1, 0.15) is 6.42 Å². The second-order valence-electron chi connectivity index (χ2n) is 5.29. The number of hydrogen-bond donors (Lipinski definition) is 0. The van der Waals surface area contributed by atoms with Gasteiger partial charge in [0.05, 0.1) is 18.1 Å². The highest BCUT2D eigenvalue weighted by Gasteiger charge is 2.12. The number of benzene rings is 2. The van der Waals surface area contributed by atoms with Gasteiger partial charge in [-0.3, -0.25) is 24.5 Å². The number of nitrogens with zero attached hydrogens (tertiary/aromatic N) is 1. The highest BCUT2D eigenvalue weighted by Crippen LogP contribution is 2.16. The molecule has 8 nitrogen and oxygen atoms in total. The molecule has 0 unspecified atom stereocenters. The van der Waals surface area contributed by atoms with Crippen molar-refractivity contribution in [2.45, 2.75) is 20.3 Å². The van der Waals surface area contributed by atoms with Crippen LogP contribution < -0.4 is 0 Å². The zero-order valence-corrected chi connectivity index (χ0v) is 15.6. The van der Waals surface area contributed by atoms with E-state index in [-0.39, 0.29) is 31.1 Å². The van der Waals surface area contributed by atoms with Gasteiger partial charge in [-0.1, -0.05) is 42.5 Å². The van der Waals surface area contributed by atoms with Crippen molar-refractivity contribution < 1.29 is 28.8 Å². The van der Waals surface area contributed by atoms with E-state index in [1.165, 1.54) is 18.2 Å². The predicted molar refractivity (Wildman–Crippen MR) is 101 cm³/mol. The summed E-state index contributed by atoms with van der Waals surface area (Å²) >= 11 is 0. The number of hydrogen-bond acceptors (Lipinski definition) is 7. The van der Waals surface area contributed by atoms with Gasteiger partial charge in [0.25, 0.3) is 5.69 Å². The van der Waals surface area contributed by atoms with E-state index in [0.717, 1.165) is 0 Å². The molecule has 0 heterocycles. The maximum atomic E-state index is 12.0. The summed E-state index contributed by atoms with van der Waals surface area (Å²) in [5, 5.41) is 10.6. The van der Waals surface area contributed by atoms with E-state index < -0.39 is 16.9 Å². The average Bonchev–Trinajstić information content (AvgIpc) is 2.69. The minimum absolute atomic E-state index is 0.0771. The van der Waals surface area contributed by atoms with Gasteiger partial charge in [0.2, 0.25) is 0 Å². The van der Waals surface area contributed by atoms with Crippen LogP contribution in [0.5, 0.6) is 0 Å². The zero-order chi connectivity index (χ0) is 20.9. The lowest BCUT2D eigenvalue weighted by atomic mass is 10.0. The minimum Gasteiger partial charge on any atom is -0.466 e. The van der Waals surface area contributed by atoms with E-state index in [4.69, 9.17) is 0 Å². The third-order valence-corrected chi connectivity index (χ3v) is 3.25. The van der Waals surface area contributed by atoms with E-state index in [1.54, 1.807) is 44.2 Å². The lowest BCUT2D eigenvalue weighted by Gasteiger charge is -2.00. The Morgan fingerprint density at radius 1 is 0.857 bits per heavy atom. The molecule has 0 aliphatic rings. The first-order valence-electron chi connectivity index (χ1n) is 8.54. The van der Waals surface area contributed by atoms with Crippen molar-refractivity contribution in [1.29, 1.82) is 0 Å². The van der Waals surface area contributed by atoms with E-state index in [1.807, 2.05) is 6.07 Å². The van der Waals surface area contributed by atoms with Gasteiger partial charge in [-0.2, -0.15) is 0 Å². The topological polar surface area (TPSA) is 113 Å². The Hall–Kier alpha value is -3.55. The monoisotopic (exact) mass is 387 g/mol. The van der Waals surface area contributed by atoms with Crippen LogP contribution in [0, 0.1) is 10.1 Å². The molecule has 148 valence electrons. The molecule has 0 N–H and O–H groups in total. The van der Waals surface area contributed by atoms with Crippen LogP contribution in [-0.4, -0.2) is 35.9 Å². The zero-order valence-electron chi connectivity index (χ0n) is 15.6. The molecule has 2 aromatic rings. The smallest absolute Gasteiger partial charge is 0.317 e. The Morgan fingerprint density at radius 2 is 1.39 bits per heavy atom. The molecule has 0 bridgehead atoms. The number of ether oxygens (including phenoxy) is 2. The second kappa shape index (κ2) is 11.9. The quantitative estimate of drug-likeness (QED) is 0.235.